The average molecular weight is 339 g/mol. The number of hydrogen-bond acceptors (Lipinski definition) is 3. The lowest BCUT2D eigenvalue weighted by Crippen LogP contribution is -2.36. The number of likely N-dealkylation sites (tertiary alicyclic amines) is 2. The molecule has 0 aliphatic carbocycles. The van der Waals surface area contributed by atoms with Crippen molar-refractivity contribution in [3.63, 3.8) is 0 Å². The second-order valence-electron chi connectivity index (χ2n) is 7.17. The number of pyridine rings is 1. The zero-order valence-electron chi connectivity index (χ0n) is 14.2. The Balaban J connectivity index is 1.41. The van der Waals surface area contributed by atoms with E-state index in [1.807, 2.05) is 35.4 Å². The molecular weight excluding hydrogens is 317 g/mol. The summed E-state index contributed by atoms with van der Waals surface area (Å²) in [6.45, 7) is 3.77. The first kappa shape index (κ1) is 16.2. The highest BCUT2D eigenvalue weighted by molar-refractivity contribution is 5.85. The van der Waals surface area contributed by atoms with Crippen LogP contribution in [0, 0.1) is 11.2 Å². The number of hydrogen-bond donors (Lipinski definition) is 0. The first-order valence-corrected chi connectivity index (χ1v) is 8.81. The van der Waals surface area contributed by atoms with Crippen molar-refractivity contribution in [2.75, 3.05) is 19.6 Å². The molecule has 1 aromatic heterocycles. The Morgan fingerprint density at radius 2 is 1.96 bits per heavy atom. The normalized spacial score (nSPS) is 23.7. The van der Waals surface area contributed by atoms with Crippen LogP contribution in [0.2, 0.25) is 0 Å². The number of carbonyl (C=O) groups is 1. The first-order chi connectivity index (χ1) is 12.1. The summed E-state index contributed by atoms with van der Waals surface area (Å²) in [6, 6.07) is 12.5. The Labute approximate surface area is 147 Å². The molecular formula is C20H22FN3O. The second-order valence-corrected chi connectivity index (χ2v) is 7.17. The quantitative estimate of drug-likeness (QED) is 0.859. The van der Waals surface area contributed by atoms with Crippen molar-refractivity contribution in [2.24, 2.45) is 5.41 Å². The summed E-state index contributed by atoms with van der Waals surface area (Å²) in [5.74, 6) is -0.0263. The van der Waals surface area contributed by atoms with Gasteiger partial charge in [0.2, 0.25) is 5.91 Å². The summed E-state index contributed by atoms with van der Waals surface area (Å²) in [5.41, 5.74) is 1.64. The maximum Gasteiger partial charge on any atom is 0.230 e. The summed E-state index contributed by atoms with van der Waals surface area (Å²) in [7, 11) is 0. The molecule has 2 aromatic rings. The van der Waals surface area contributed by atoms with E-state index in [1.54, 1.807) is 6.07 Å². The monoisotopic (exact) mass is 339 g/mol. The zero-order chi connectivity index (χ0) is 17.3. The third kappa shape index (κ3) is 3.29. The third-order valence-electron chi connectivity index (χ3n) is 5.41. The summed E-state index contributed by atoms with van der Waals surface area (Å²) in [4.78, 5) is 21.6. The molecule has 1 atom stereocenters. The predicted molar refractivity (Wildman–Crippen MR) is 93.0 cm³/mol. The van der Waals surface area contributed by atoms with Gasteiger partial charge in [0.05, 0.1) is 11.1 Å². The summed E-state index contributed by atoms with van der Waals surface area (Å²) in [6.07, 6.45) is 3.60. The number of halogens is 1. The lowest BCUT2D eigenvalue weighted by molar-refractivity contribution is -0.136. The fraction of sp³-hybridized carbons (Fsp3) is 0.400. The first-order valence-electron chi connectivity index (χ1n) is 8.81. The number of carbonyl (C=O) groups excluding carboxylic acids is 1. The summed E-state index contributed by atoms with van der Waals surface area (Å²) < 4.78 is 13.4. The van der Waals surface area contributed by atoms with Crippen LogP contribution >= 0.6 is 0 Å². The van der Waals surface area contributed by atoms with E-state index in [0.717, 1.165) is 50.3 Å². The van der Waals surface area contributed by atoms with E-state index >= 15 is 0 Å². The molecule has 2 aliphatic rings. The molecule has 5 heteroatoms. The van der Waals surface area contributed by atoms with Crippen molar-refractivity contribution in [3.05, 3.63) is 65.7 Å². The van der Waals surface area contributed by atoms with Crippen LogP contribution in [0.15, 0.2) is 48.7 Å². The smallest absolute Gasteiger partial charge is 0.230 e. The SMILES string of the molecule is O=C1N(Cc2cccc(F)c2)CCC12CCN(Cc1ccccn1)C2. The molecule has 1 aromatic carbocycles. The number of amides is 1. The van der Waals surface area contributed by atoms with Crippen LogP contribution in [0.25, 0.3) is 0 Å². The number of aromatic nitrogens is 1. The molecule has 3 heterocycles. The maximum absolute atomic E-state index is 13.4. The minimum Gasteiger partial charge on any atom is -0.338 e. The van der Waals surface area contributed by atoms with E-state index in [2.05, 4.69) is 9.88 Å². The Morgan fingerprint density at radius 3 is 2.76 bits per heavy atom. The van der Waals surface area contributed by atoms with Gasteiger partial charge in [-0.2, -0.15) is 0 Å². The maximum atomic E-state index is 13.4. The molecule has 1 unspecified atom stereocenters. The highest BCUT2D eigenvalue weighted by Gasteiger charge is 2.50. The largest absolute Gasteiger partial charge is 0.338 e. The molecule has 0 bridgehead atoms. The van der Waals surface area contributed by atoms with E-state index in [1.165, 1.54) is 12.1 Å². The van der Waals surface area contributed by atoms with Gasteiger partial charge in [0.1, 0.15) is 5.82 Å². The third-order valence-corrected chi connectivity index (χ3v) is 5.41. The van der Waals surface area contributed by atoms with Gasteiger partial charge in [-0.15, -0.1) is 0 Å². The number of nitrogens with zero attached hydrogens (tertiary/aromatic N) is 3. The van der Waals surface area contributed by atoms with Gasteiger partial charge >= 0.3 is 0 Å². The van der Waals surface area contributed by atoms with E-state index in [0.29, 0.717) is 6.54 Å². The highest BCUT2D eigenvalue weighted by atomic mass is 19.1. The van der Waals surface area contributed by atoms with E-state index in [9.17, 15) is 9.18 Å². The van der Waals surface area contributed by atoms with Gasteiger partial charge in [-0.05, 0) is 49.2 Å². The molecule has 0 radical (unpaired) electrons. The van der Waals surface area contributed by atoms with Crippen LogP contribution in [-0.2, 0) is 17.9 Å². The Morgan fingerprint density at radius 1 is 1.08 bits per heavy atom. The number of rotatable bonds is 4. The van der Waals surface area contributed by atoms with Gasteiger partial charge < -0.3 is 4.90 Å². The van der Waals surface area contributed by atoms with Crippen molar-refractivity contribution < 1.29 is 9.18 Å². The molecule has 0 saturated carbocycles. The van der Waals surface area contributed by atoms with Crippen molar-refractivity contribution in [1.82, 2.24) is 14.8 Å². The lowest BCUT2D eigenvalue weighted by atomic mass is 9.85. The van der Waals surface area contributed by atoms with E-state index in [-0.39, 0.29) is 17.1 Å². The van der Waals surface area contributed by atoms with E-state index < -0.39 is 0 Å². The van der Waals surface area contributed by atoms with Crippen LogP contribution in [0.4, 0.5) is 4.39 Å². The van der Waals surface area contributed by atoms with Gasteiger partial charge in [0.15, 0.2) is 0 Å². The van der Waals surface area contributed by atoms with Crippen molar-refractivity contribution in [1.29, 1.82) is 0 Å². The molecule has 1 amide bonds. The molecule has 130 valence electrons. The van der Waals surface area contributed by atoms with Crippen LogP contribution in [0.5, 0.6) is 0 Å². The topological polar surface area (TPSA) is 36.4 Å². The van der Waals surface area contributed by atoms with Gasteiger partial charge in [-0.1, -0.05) is 18.2 Å². The molecule has 4 rings (SSSR count). The van der Waals surface area contributed by atoms with E-state index in [4.69, 9.17) is 0 Å². The Bertz CT molecular complexity index is 767. The van der Waals surface area contributed by atoms with Crippen molar-refractivity contribution in [2.45, 2.75) is 25.9 Å². The van der Waals surface area contributed by atoms with Crippen LogP contribution in [0.1, 0.15) is 24.1 Å². The second kappa shape index (κ2) is 6.56. The van der Waals surface area contributed by atoms with Gasteiger partial charge in [0, 0.05) is 32.4 Å². The van der Waals surface area contributed by atoms with Crippen LogP contribution in [0.3, 0.4) is 0 Å². The van der Waals surface area contributed by atoms with Crippen LogP contribution in [-0.4, -0.2) is 40.3 Å². The summed E-state index contributed by atoms with van der Waals surface area (Å²) in [5, 5.41) is 0. The zero-order valence-corrected chi connectivity index (χ0v) is 14.2. The van der Waals surface area contributed by atoms with Crippen molar-refractivity contribution in [3.8, 4) is 0 Å². The molecule has 4 nitrogen and oxygen atoms in total. The van der Waals surface area contributed by atoms with Gasteiger partial charge in [0.25, 0.3) is 0 Å². The molecule has 0 N–H and O–H groups in total. The van der Waals surface area contributed by atoms with Gasteiger partial charge in [-0.25, -0.2) is 4.39 Å². The fourth-order valence-corrected chi connectivity index (χ4v) is 4.09. The molecule has 1 spiro atoms. The molecule has 2 aliphatic heterocycles. The predicted octanol–water partition coefficient (Wildman–Crippen LogP) is 2.85. The lowest BCUT2D eigenvalue weighted by Gasteiger charge is -2.23. The Kier molecular flexibility index (Phi) is 4.25. The molecule has 25 heavy (non-hydrogen) atoms. The van der Waals surface area contributed by atoms with Crippen molar-refractivity contribution >= 4 is 5.91 Å². The standard InChI is InChI=1S/C20H22FN3O/c21-17-5-3-4-16(12-17)13-24-11-8-20(19(24)25)7-10-23(15-20)14-18-6-1-2-9-22-18/h1-6,9,12H,7-8,10-11,13-15H2. The van der Waals surface area contributed by atoms with Gasteiger partial charge in [-0.3, -0.25) is 14.7 Å². The molecule has 2 saturated heterocycles. The summed E-state index contributed by atoms with van der Waals surface area (Å²) >= 11 is 0. The minimum atomic E-state index is -0.262. The fourth-order valence-electron chi connectivity index (χ4n) is 4.09. The average Bonchev–Trinajstić information content (AvgIpc) is 3.15. The van der Waals surface area contributed by atoms with Crippen LogP contribution < -0.4 is 0 Å². The minimum absolute atomic E-state index is 0.222. The highest BCUT2D eigenvalue weighted by Crippen LogP contribution is 2.41. The Hall–Kier alpha value is -2.27. The molecule has 2 fully saturated rings. The number of benzene rings is 1.